The Morgan fingerprint density at radius 2 is 2.03 bits per heavy atom. The molecule has 0 radical (unpaired) electrons. The third kappa shape index (κ3) is 6.75. The maximum absolute atomic E-state index is 12.9. The summed E-state index contributed by atoms with van der Waals surface area (Å²) in [5.74, 6) is -5.64. The zero-order valence-electron chi connectivity index (χ0n) is 17.8. The van der Waals surface area contributed by atoms with E-state index >= 15 is 0 Å². The minimum Gasteiger partial charge on any atom is -0.548 e. The fourth-order valence-corrected chi connectivity index (χ4v) is 4.12. The first-order valence-electron chi connectivity index (χ1n) is 9.71. The van der Waals surface area contributed by atoms with Gasteiger partial charge in [-0.3, -0.25) is 14.4 Å². The van der Waals surface area contributed by atoms with Crippen molar-refractivity contribution in [2.24, 2.45) is 0 Å². The summed E-state index contributed by atoms with van der Waals surface area (Å²) in [6.07, 6.45) is -0.941. The van der Waals surface area contributed by atoms with Gasteiger partial charge in [0, 0.05) is 35.1 Å². The van der Waals surface area contributed by atoms with Crippen LogP contribution in [0.3, 0.4) is 0 Å². The van der Waals surface area contributed by atoms with Crippen LogP contribution in [-0.4, -0.2) is 71.5 Å². The molecule has 1 aromatic carbocycles. The summed E-state index contributed by atoms with van der Waals surface area (Å²) >= 11 is 1.02. The fraction of sp³-hybridized carbons (Fsp3) is 0.450. The number of aliphatic carboxylic acids is 2. The van der Waals surface area contributed by atoms with Crippen molar-refractivity contribution >= 4 is 41.5 Å². The Morgan fingerprint density at radius 3 is 2.64 bits per heavy atom. The van der Waals surface area contributed by atoms with E-state index < -0.39 is 61.3 Å². The number of aromatic hydroxyl groups is 1. The molecule has 13 heteroatoms. The number of thioether (sulfide) groups is 1. The van der Waals surface area contributed by atoms with E-state index in [-0.39, 0.29) is 34.1 Å². The molecule has 1 aliphatic heterocycles. The number of benzene rings is 1. The van der Waals surface area contributed by atoms with E-state index in [2.05, 4.69) is 10.6 Å². The second-order valence-corrected chi connectivity index (χ2v) is 8.11. The maximum Gasteiger partial charge on any atom is 0.339 e. The summed E-state index contributed by atoms with van der Waals surface area (Å²) in [5, 5.41) is 35.0. The third-order valence-electron chi connectivity index (χ3n) is 4.78. The third-order valence-corrected chi connectivity index (χ3v) is 5.84. The number of carboxylic acids is 2. The van der Waals surface area contributed by atoms with E-state index in [9.17, 15) is 34.2 Å². The van der Waals surface area contributed by atoms with Crippen LogP contribution in [0, 0.1) is 6.92 Å². The second-order valence-electron chi connectivity index (χ2n) is 7.08. The summed E-state index contributed by atoms with van der Waals surface area (Å²) in [7, 11) is 1.35. The van der Waals surface area contributed by atoms with Crippen LogP contribution in [0.25, 0.3) is 0 Å². The van der Waals surface area contributed by atoms with Crippen LogP contribution < -0.4 is 20.5 Å². The van der Waals surface area contributed by atoms with Crippen LogP contribution in [0.5, 0.6) is 11.5 Å². The molecule has 1 heterocycles. The van der Waals surface area contributed by atoms with Crippen molar-refractivity contribution in [1.82, 2.24) is 10.6 Å². The molecular weight excluding hydrogens is 460 g/mol. The summed E-state index contributed by atoms with van der Waals surface area (Å²) in [6.45, 7) is 0.893. The molecule has 0 fully saturated rings. The van der Waals surface area contributed by atoms with Gasteiger partial charge in [0.05, 0.1) is 31.1 Å². The number of carboxylic acid groups (broad SMARTS) is 2. The molecule has 2 atom stereocenters. The standard InChI is InChI=1S/C20H24N2O10S/c1-9-14(31-2)5-13(23)10-7-33-8-12(19(28)29)22-18(27)11(6-32-20(30)17(9)10)21-15(24)3-4-16(25)26/h5,11-12,23H,3-4,6-8H2,1-2H3,(H,21,24)(H,22,27)(H,25,26)(H,28,29)/p-1/t11-,12-/m0/s1. The Balaban J connectivity index is 2.40. The summed E-state index contributed by atoms with van der Waals surface area (Å²) in [5.41, 5.74) is 0.534. The minimum absolute atomic E-state index is 0.0127. The van der Waals surface area contributed by atoms with Gasteiger partial charge in [-0.1, -0.05) is 0 Å². The zero-order valence-corrected chi connectivity index (χ0v) is 18.7. The van der Waals surface area contributed by atoms with Gasteiger partial charge in [0.2, 0.25) is 11.8 Å². The van der Waals surface area contributed by atoms with E-state index in [4.69, 9.17) is 14.6 Å². The second kappa shape index (κ2) is 11.4. The number of fused-ring (bicyclic) bond motifs is 1. The smallest absolute Gasteiger partial charge is 0.339 e. The molecule has 0 saturated carbocycles. The Hall–Kier alpha value is -3.48. The van der Waals surface area contributed by atoms with Crippen molar-refractivity contribution in [1.29, 1.82) is 0 Å². The maximum atomic E-state index is 12.9. The molecule has 0 saturated heterocycles. The molecule has 1 aromatic rings. The van der Waals surface area contributed by atoms with Gasteiger partial charge in [0.15, 0.2) is 0 Å². The van der Waals surface area contributed by atoms with E-state index in [0.29, 0.717) is 5.56 Å². The minimum atomic E-state index is -1.57. The molecule has 33 heavy (non-hydrogen) atoms. The number of ether oxygens (including phenoxy) is 2. The van der Waals surface area contributed by atoms with Gasteiger partial charge in [-0.2, -0.15) is 11.8 Å². The molecule has 12 nitrogen and oxygen atoms in total. The number of carbonyl (C=O) groups excluding carboxylic acids is 4. The van der Waals surface area contributed by atoms with Gasteiger partial charge < -0.3 is 40.2 Å². The Kier molecular flexibility index (Phi) is 8.91. The largest absolute Gasteiger partial charge is 0.548 e. The van der Waals surface area contributed by atoms with Gasteiger partial charge >= 0.3 is 11.9 Å². The summed E-state index contributed by atoms with van der Waals surface area (Å²) < 4.78 is 10.4. The highest BCUT2D eigenvalue weighted by atomic mass is 32.2. The van der Waals surface area contributed by atoms with Gasteiger partial charge in [0.25, 0.3) is 0 Å². The van der Waals surface area contributed by atoms with Crippen molar-refractivity contribution in [2.45, 2.75) is 37.6 Å². The molecule has 2 rings (SSSR count). The van der Waals surface area contributed by atoms with Crippen LogP contribution in [0.1, 0.15) is 34.3 Å². The summed E-state index contributed by atoms with van der Waals surface area (Å²) in [6, 6.07) is -1.62. The quantitative estimate of drug-likeness (QED) is 0.352. The van der Waals surface area contributed by atoms with Crippen molar-refractivity contribution in [3.8, 4) is 11.5 Å². The molecule has 0 bridgehead atoms. The SMILES string of the molecule is COc1cc(O)c2c(c1C)C(=O)OC[C@H](NC(=O)CCC(=O)O)C(=O)N[C@H](C(=O)[O-])CSC2. The molecule has 0 unspecified atom stereocenters. The van der Waals surface area contributed by atoms with Gasteiger partial charge in [-0.15, -0.1) is 0 Å². The van der Waals surface area contributed by atoms with Gasteiger partial charge in [-0.25, -0.2) is 4.79 Å². The number of esters is 1. The molecular formula is C20H23N2O10S-. The molecule has 1 aliphatic rings. The molecule has 180 valence electrons. The Morgan fingerprint density at radius 1 is 1.33 bits per heavy atom. The number of methoxy groups -OCH3 is 1. The number of hydrogen-bond acceptors (Lipinski definition) is 10. The number of cyclic esters (lactones) is 1. The number of phenolic OH excluding ortho intramolecular Hbond substituents is 1. The zero-order chi connectivity index (χ0) is 24.7. The first kappa shape index (κ1) is 25.8. The van der Waals surface area contributed by atoms with Crippen molar-refractivity contribution in [3.05, 3.63) is 22.8 Å². The lowest BCUT2D eigenvalue weighted by atomic mass is 10.0. The van der Waals surface area contributed by atoms with Crippen molar-refractivity contribution < 1.29 is 48.8 Å². The first-order chi connectivity index (χ1) is 15.5. The number of hydrogen-bond donors (Lipinski definition) is 4. The number of nitrogens with one attached hydrogen (secondary N) is 2. The highest BCUT2D eigenvalue weighted by Crippen LogP contribution is 2.35. The Labute approximate surface area is 192 Å². The average Bonchev–Trinajstić information content (AvgIpc) is 2.75. The van der Waals surface area contributed by atoms with E-state index in [1.807, 2.05) is 0 Å². The lowest BCUT2D eigenvalue weighted by Crippen LogP contribution is -2.56. The number of carbonyl (C=O) groups is 5. The van der Waals surface area contributed by atoms with E-state index in [1.165, 1.54) is 13.2 Å². The van der Waals surface area contributed by atoms with Crippen LogP contribution >= 0.6 is 11.8 Å². The fourth-order valence-electron chi connectivity index (χ4n) is 3.05. The first-order valence-corrected chi connectivity index (χ1v) is 10.9. The van der Waals surface area contributed by atoms with Crippen LogP contribution in [-0.2, 0) is 29.7 Å². The lowest BCUT2D eigenvalue weighted by Gasteiger charge is -2.25. The number of amides is 2. The monoisotopic (exact) mass is 483 g/mol. The molecule has 0 aliphatic carbocycles. The highest BCUT2D eigenvalue weighted by Gasteiger charge is 2.29. The van der Waals surface area contributed by atoms with Crippen molar-refractivity contribution in [3.63, 3.8) is 0 Å². The molecule has 4 N–H and O–H groups in total. The predicted octanol–water partition coefficient (Wildman–Crippen LogP) is -1.30. The Bertz CT molecular complexity index is 965. The van der Waals surface area contributed by atoms with Crippen LogP contribution in [0.2, 0.25) is 0 Å². The van der Waals surface area contributed by atoms with Crippen LogP contribution in [0.15, 0.2) is 6.07 Å². The van der Waals surface area contributed by atoms with Gasteiger partial charge in [-0.05, 0) is 6.92 Å². The highest BCUT2D eigenvalue weighted by molar-refractivity contribution is 7.98. The molecule has 2 amide bonds. The van der Waals surface area contributed by atoms with E-state index in [1.54, 1.807) is 6.92 Å². The van der Waals surface area contributed by atoms with Crippen LogP contribution in [0.4, 0.5) is 0 Å². The molecule has 0 spiro atoms. The normalized spacial score (nSPS) is 19.1. The number of rotatable bonds is 6. The van der Waals surface area contributed by atoms with Crippen molar-refractivity contribution in [2.75, 3.05) is 19.5 Å². The predicted molar refractivity (Wildman–Crippen MR) is 112 cm³/mol. The summed E-state index contributed by atoms with van der Waals surface area (Å²) in [4.78, 5) is 59.7. The number of phenols is 1. The average molecular weight is 483 g/mol. The lowest BCUT2D eigenvalue weighted by molar-refractivity contribution is -0.307. The molecule has 0 aromatic heterocycles. The van der Waals surface area contributed by atoms with E-state index in [0.717, 1.165) is 11.8 Å². The topological polar surface area (TPSA) is 191 Å². The van der Waals surface area contributed by atoms with Gasteiger partial charge in [0.1, 0.15) is 24.1 Å².